The molecule has 0 fully saturated rings. The van der Waals surface area contributed by atoms with E-state index in [4.69, 9.17) is 29.0 Å². The topological polar surface area (TPSA) is 38.0 Å². The first kappa shape index (κ1) is 15.1. The van der Waals surface area contributed by atoms with Gasteiger partial charge in [-0.1, -0.05) is 35.3 Å². The Balaban J connectivity index is 2.55. The first-order valence-electron chi connectivity index (χ1n) is 5.50. The van der Waals surface area contributed by atoms with Crippen molar-refractivity contribution < 1.29 is 13.2 Å². The second kappa shape index (κ2) is 6.01. The average molecular weight is 321 g/mol. The molecule has 0 bridgehead atoms. The van der Waals surface area contributed by atoms with Gasteiger partial charge in [-0.05, 0) is 23.8 Å². The third-order valence-electron chi connectivity index (χ3n) is 2.82. The van der Waals surface area contributed by atoms with E-state index >= 15 is 0 Å². The van der Waals surface area contributed by atoms with Gasteiger partial charge in [0.1, 0.15) is 0 Å². The normalized spacial score (nSPS) is 12.5. The third-order valence-corrected chi connectivity index (χ3v) is 3.38. The molecule has 7 heteroatoms. The molecule has 2 rings (SSSR count). The highest BCUT2D eigenvalue weighted by Crippen LogP contribution is 2.32. The van der Waals surface area contributed by atoms with Crippen LogP contribution in [0.25, 0.3) is 0 Å². The Morgan fingerprint density at radius 3 is 2.20 bits per heavy atom. The van der Waals surface area contributed by atoms with Crippen molar-refractivity contribution in [3.63, 3.8) is 0 Å². The zero-order valence-corrected chi connectivity index (χ0v) is 11.4. The van der Waals surface area contributed by atoms with Gasteiger partial charge in [-0.15, -0.1) is 0 Å². The van der Waals surface area contributed by atoms with Gasteiger partial charge >= 0.3 is 0 Å². The van der Waals surface area contributed by atoms with Crippen LogP contribution < -0.4 is 11.3 Å². The van der Waals surface area contributed by atoms with Crippen LogP contribution in [0.15, 0.2) is 30.3 Å². The number of hydrogen-bond donors (Lipinski definition) is 2. The van der Waals surface area contributed by atoms with E-state index in [2.05, 4.69) is 5.43 Å². The number of halogens is 5. The predicted molar refractivity (Wildman–Crippen MR) is 71.9 cm³/mol. The Hall–Kier alpha value is -1.27. The Labute approximate surface area is 123 Å². The molecule has 0 aromatic heterocycles. The van der Waals surface area contributed by atoms with Crippen LogP contribution in [0.2, 0.25) is 10.0 Å². The van der Waals surface area contributed by atoms with Crippen molar-refractivity contribution in [2.75, 3.05) is 0 Å². The first-order valence-corrected chi connectivity index (χ1v) is 6.25. The molecule has 20 heavy (non-hydrogen) atoms. The average Bonchev–Trinajstić information content (AvgIpc) is 2.41. The Kier molecular flexibility index (Phi) is 4.55. The highest BCUT2D eigenvalue weighted by molar-refractivity contribution is 6.35. The second-order valence-corrected chi connectivity index (χ2v) is 4.87. The van der Waals surface area contributed by atoms with E-state index in [0.29, 0.717) is 10.6 Å². The highest BCUT2D eigenvalue weighted by Gasteiger charge is 2.23. The quantitative estimate of drug-likeness (QED) is 0.510. The fraction of sp³-hybridized carbons (Fsp3) is 0.0769. The zero-order valence-electron chi connectivity index (χ0n) is 9.93. The minimum Gasteiger partial charge on any atom is -0.271 e. The molecule has 0 aliphatic carbocycles. The number of hydrogen-bond acceptors (Lipinski definition) is 2. The lowest BCUT2D eigenvalue weighted by atomic mass is 9.98. The van der Waals surface area contributed by atoms with Crippen molar-refractivity contribution in [3.8, 4) is 0 Å². The number of nitrogens with one attached hydrogen (secondary N) is 1. The number of nitrogens with two attached hydrogens (primary N) is 1. The number of rotatable bonds is 3. The van der Waals surface area contributed by atoms with Gasteiger partial charge in [-0.25, -0.2) is 18.6 Å². The van der Waals surface area contributed by atoms with E-state index < -0.39 is 23.5 Å². The molecule has 0 spiro atoms. The summed E-state index contributed by atoms with van der Waals surface area (Å²) in [5.41, 5.74) is 2.56. The summed E-state index contributed by atoms with van der Waals surface area (Å²) in [7, 11) is 0. The lowest BCUT2D eigenvalue weighted by Gasteiger charge is -2.19. The minimum atomic E-state index is -1.56. The molecule has 2 aromatic carbocycles. The second-order valence-electron chi connectivity index (χ2n) is 4.03. The molecule has 0 saturated heterocycles. The number of benzene rings is 2. The van der Waals surface area contributed by atoms with E-state index in [1.165, 1.54) is 18.2 Å². The zero-order chi connectivity index (χ0) is 14.9. The summed E-state index contributed by atoms with van der Waals surface area (Å²) in [4.78, 5) is 0. The predicted octanol–water partition coefficient (Wildman–Crippen LogP) is 3.96. The van der Waals surface area contributed by atoms with Crippen molar-refractivity contribution in [1.82, 2.24) is 5.43 Å². The summed E-state index contributed by atoms with van der Waals surface area (Å²) in [5, 5.41) is 0.616. The molecule has 1 atom stereocenters. The maximum absolute atomic E-state index is 13.8. The maximum atomic E-state index is 13.8. The molecule has 1 unspecified atom stereocenters. The first-order chi connectivity index (χ1) is 9.45. The van der Waals surface area contributed by atoms with Crippen LogP contribution in [0.3, 0.4) is 0 Å². The lowest BCUT2D eigenvalue weighted by molar-refractivity contribution is 0.433. The van der Waals surface area contributed by atoms with Crippen molar-refractivity contribution >= 4 is 23.2 Å². The van der Waals surface area contributed by atoms with E-state index in [1.807, 2.05) is 0 Å². The molecular formula is C13H9Cl2F3N2. The van der Waals surface area contributed by atoms with Crippen LogP contribution in [0.1, 0.15) is 17.2 Å². The summed E-state index contributed by atoms with van der Waals surface area (Å²) in [6, 6.07) is 5.49. The Morgan fingerprint density at radius 1 is 0.950 bits per heavy atom. The fourth-order valence-electron chi connectivity index (χ4n) is 1.85. The summed E-state index contributed by atoms with van der Waals surface area (Å²) < 4.78 is 40.1. The van der Waals surface area contributed by atoms with Crippen molar-refractivity contribution in [1.29, 1.82) is 0 Å². The van der Waals surface area contributed by atoms with Crippen LogP contribution in [0.5, 0.6) is 0 Å². The van der Waals surface area contributed by atoms with Crippen LogP contribution >= 0.6 is 23.2 Å². The summed E-state index contributed by atoms with van der Waals surface area (Å²) in [6.07, 6.45) is 0. The SMILES string of the molecule is NNC(c1ccc(Cl)cc1Cl)c1ccc(F)c(F)c1F. The van der Waals surface area contributed by atoms with Crippen LogP contribution in [0.4, 0.5) is 13.2 Å². The Morgan fingerprint density at radius 2 is 1.60 bits per heavy atom. The van der Waals surface area contributed by atoms with Gasteiger partial charge in [0.25, 0.3) is 0 Å². The van der Waals surface area contributed by atoms with Crippen LogP contribution in [-0.4, -0.2) is 0 Å². The molecular weight excluding hydrogens is 312 g/mol. The van der Waals surface area contributed by atoms with Gasteiger partial charge in [0.15, 0.2) is 17.5 Å². The molecule has 2 aromatic rings. The van der Waals surface area contributed by atoms with E-state index in [1.54, 1.807) is 0 Å². The van der Waals surface area contributed by atoms with Crippen LogP contribution in [-0.2, 0) is 0 Å². The van der Waals surface area contributed by atoms with Crippen molar-refractivity contribution in [2.24, 2.45) is 5.84 Å². The smallest absolute Gasteiger partial charge is 0.194 e. The van der Waals surface area contributed by atoms with Gasteiger partial charge in [0, 0.05) is 15.6 Å². The van der Waals surface area contributed by atoms with Crippen LogP contribution in [0, 0.1) is 17.5 Å². The molecule has 0 aliphatic heterocycles. The lowest BCUT2D eigenvalue weighted by Crippen LogP contribution is -2.30. The van der Waals surface area contributed by atoms with E-state index in [0.717, 1.165) is 12.1 Å². The minimum absolute atomic E-state index is 0.157. The molecule has 0 amide bonds. The van der Waals surface area contributed by atoms with Gasteiger partial charge < -0.3 is 0 Å². The largest absolute Gasteiger partial charge is 0.271 e. The molecule has 0 heterocycles. The summed E-state index contributed by atoms with van der Waals surface area (Å²) in [6.45, 7) is 0. The monoisotopic (exact) mass is 320 g/mol. The molecule has 106 valence electrons. The molecule has 0 aliphatic rings. The standard InChI is InChI=1S/C13H9Cl2F3N2/c14-6-1-2-7(9(15)5-6)13(20-19)8-3-4-10(16)12(18)11(8)17/h1-5,13,20H,19H2. The van der Waals surface area contributed by atoms with E-state index in [-0.39, 0.29) is 10.6 Å². The Bertz CT molecular complexity index is 650. The highest BCUT2D eigenvalue weighted by atomic mass is 35.5. The molecule has 0 saturated carbocycles. The fourth-order valence-corrected chi connectivity index (χ4v) is 2.36. The molecule has 3 N–H and O–H groups in total. The summed E-state index contributed by atoms with van der Waals surface area (Å²) in [5.74, 6) is 1.22. The van der Waals surface area contributed by atoms with Crippen molar-refractivity contribution in [3.05, 3.63) is 69.0 Å². The van der Waals surface area contributed by atoms with Gasteiger partial charge in [0.05, 0.1) is 6.04 Å². The van der Waals surface area contributed by atoms with Crippen molar-refractivity contribution in [2.45, 2.75) is 6.04 Å². The van der Waals surface area contributed by atoms with Gasteiger partial charge in [0.2, 0.25) is 0 Å². The molecule has 0 radical (unpaired) electrons. The number of hydrazine groups is 1. The van der Waals surface area contributed by atoms with E-state index in [9.17, 15) is 13.2 Å². The molecule has 2 nitrogen and oxygen atoms in total. The van der Waals surface area contributed by atoms with Gasteiger partial charge in [-0.2, -0.15) is 0 Å². The van der Waals surface area contributed by atoms with Gasteiger partial charge in [-0.3, -0.25) is 5.84 Å². The maximum Gasteiger partial charge on any atom is 0.194 e. The third kappa shape index (κ3) is 2.76. The summed E-state index contributed by atoms with van der Waals surface area (Å²) >= 11 is 11.8.